The van der Waals surface area contributed by atoms with Crippen molar-refractivity contribution in [2.24, 2.45) is 0 Å². The molecule has 0 radical (unpaired) electrons. The van der Waals surface area contributed by atoms with Crippen LogP contribution in [0.1, 0.15) is 19.3 Å². The number of methoxy groups -OCH3 is 1. The molecule has 0 saturated carbocycles. The molecule has 1 aromatic rings. The Balaban J connectivity index is 1.77. The van der Waals surface area contributed by atoms with Gasteiger partial charge in [0.2, 0.25) is 10.0 Å². The van der Waals surface area contributed by atoms with Crippen LogP contribution in [0.2, 0.25) is 0 Å². The number of rotatable bonds is 4. The maximum atomic E-state index is 12.7. The van der Waals surface area contributed by atoms with E-state index < -0.39 is 10.0 Å². The van der Waals surface area contributed by atoms with Crippen LogP contribution < -0.4 is 0 Å². The molecular formula is C15H21NO4S. The highest BCUT2D eigenvalue weighted by atomic mass is 32.2. The Morgan fingerprint density at radius 2 is 2.00 bits per heavy atom. The average molecular weight is 311 g/mol. The van der Waals surface area contributed by atoms with E-state index in [2.05, 4.69) is 0 Å². The van der Waals surface area contributed by atoms with Crippen molar-refractivity contribution >= 4 is 10.0 Å². The van der Waals surface area contributed by atoms with Crippen molar-refractivity contribution in [2.75, 3.05) is 20.3 Å². The molecule has 6 heteroatoms. The SMILES string of the molecule is COC[C@H]1CC[C@H]2[C@H](CCN2S(=O)(=O)c2ccccc2)O1. The summed E-state index contributed by atoms with van der Waals surface area (Å²) >= 11 is 0. The molecular weight excluding hydrogens is 290 g/mol. The molecule has 0 N–H and O–H groups in total. The van der Waals surface area contributed by atoms with E-state index in [9.17, 15) is 8.42 Å². The first-order valence-corrected chi connectivity index (χ1v) is 8.78. The lowest BCUT2D eigenvalue weighted by Gasteiger charge is -2.35. The van der Waals surface area contributed by atoms with Gasteiger partial charge in [0.15, 0.2) is 0 Å². The van der Waals surface area contributed by atoms with Gasteiger partial charge in [0.05, 0.1) is 29.8 Å². The smallest absolute Gasteiger partial charge is 0.243 e. The lowest BCUT2D eigenvalue weighted by Crippen LogP contribution is -2.45. The Labute approximate surface area is 125 Å². The second-order valence-electron chi connectivity index (χ2n) is 5.61. The Morgan fingerprint density at radius 1 is 1.24 bits per heavy atom. The first-order chi connectivity index (χ1) is 10.1. The highest BCUT2D eigenvalue weighted by Gasteiger charge is 2.45. The van der Waals surface area contributed by atoms with Crippen molar-refractivity contribution < 1.29 is 17.9 Å². The maximum absolute atomic E-state index is 12.7. The lowest BCUT2D eigenvalue weighted by molar-refractivity contribution is -0.0872. The topological polar surface area (TPSA) is 55.8 Å². The third-order valence-electron chi connectivity index (χ3n) is 4.29. The molecule has 0 aromatic heterocycles. The highest BCUT2D eigenvalue weighted by Crippen LogP contribution is 2.35. The van der Waals surface area contributed by atoms with Crippen LogP contribution in [0.3, 0.4) is 0 Å². The number of nitrogens with zero attached hydrogens (tertiary/aromatic N) is 1. The molecule has 2 aliphatic heterocycles. The van der Waals surface area contributed by atoms with Gasteiger partial charge in [-0.25, -0.2) is 8.42 Å². The molecule has 2 aliphatic rings. The van der Waals surface area contributed by atoms with Crippen molar-refractivity contribution in [3.8, 4) is 0 Å². The first kappa shape index (κ1) is 15.0. The van der Waals surface area contributed by atoms with Gasteiger partial charge in [0, 0.05) is 13.7 Å². The van der Waals surface area contributed by atoms with E-state index in [1.54, 1.807) is 35.7 Å². The molecule has 21 heavy (non-hydrogen) atoms. The molecule has 2 fully saturated rings. The first-order valence-electron chi connectivity index (χ1n) is 7.34. The fourth-order valence-electron chi connectivity index (χ4n) is 3.29. The Morgan fingerprint density at radius 3 is 2.71 bits per heavy atom. The number of hydrogen-bond acceptors (Lipinski definition) is 4. The van der Waals surface area contributed by atoms with Gasteiger partial charge in [-0.1, -0.05) is 18.2 Å². The Hall–Kier alpha value is -0.950. The molecule has 1 aromatic carbocycles. The van der Waals surface area contributed by atoms with Crippen molar-refractivity contribution in [1.82, 2.24) is 4.31 Å². The van der Waals surface area contributed by atoms with Gasteiger partial charge in [-0.2, -0.15) is 4.31 Å². The number of hydrogen-bond donors (Lipinski definition) is 0. The summed E-state index contributed by atoms with van der Waals surface area (Å²) in [6, 6.07) is 8.60. The molecule has 0 unspecified atom stereocenters. The standard InChI is InChI=1S/C15H21NO4S/c1-19-11-12-7-8-14-15(20-12)9-10-16(14)21(17,18)13-5-3-2-4-6-13/h2-6,12,14-15H,7-11H2,1H3/t12-,14+,15+/m1/s1. The van der Waals surface area contributed by atoms with E-state index in [1.807, 2.05) is 6.07 Å². The highest BCUT2D eigenvalue weighted by molar-refractivity contribution is 7.89. The summed E-state index contributed by atoms with van der Waals surface area (Å²) < 4.78 is 38.2. The Kier molecular flexibility index (Phi) is 4.31. The van der Waals surface area contributed by atoms with Crippen molar-refractivity contribution in [2.45, 2.75) is 42.4 Å². The van der Waals surface area contributed by atoms with Gasteiger partial charge in [0.1, 0.15) is 0 Å². The Bertz CT molecular complexity index is 575. The largest absolute Gasteiger partial charge is 0.382 e. The summed E-state index contributed by atoms with van der Waals surface area (Å²) in [5.41, 5.74) is 0. The minimum Gasteiger partial charge on any atom is -0.382 e. The van der Waals surface area contributed by atoms with Gasteiger partial charge in [-0.05, 0) is 31.4 Å². The van der Waals surface area contributed by atoms with Gasteiger partial charge >= 0.3 is 0 Å². The van der Waals surface area contributed by atoms with Crippen LogP contribution in [0.15, 0.2) is 35.2 Å². The molecule has 3 rings (SSSR count). The van der Waals surface area contributed by atoms with E-state index in [0.717, 1.165) is 19.3 Å². The van der Waals surface area contributed by atoms with Crippen LogP contribution in [-0.4, -0.2) is 51.2 Å². The number of ether oxygens (including phenoxy) is 2. The van der Waals surface area contributed by atoms with Crippen LogP contribution in [0.4, 0.5) is 0 Å². The molecule has 2 heterocycles. The second kappa shape index (κ2) is 6.04. The van der Waals surface area contributed by atoms with Crippen LogP contribution in [0.5, 0.6) is 0 Å². The molecule has 3 atom stereocenters. The molecule has 116 valence electrons. The summed E-state index contributed by atoms with van der Waals surface area (Å²) in [5, 5.41) is 0. The average Bonchev–Trinajstić information content (AvgIpc) is 2.92. The summed E-state index contributed by atoms with van der Waals surface area (Å²) in [6.07, 6.45) is 2.53. The van der Waals surface area contributed by atoms with Crippen LogP contribution in [0, 0.1) is 0 Å². The number of benzene rings is 1. The fraction of sp³-hybridized carbons (Fsp3) is 0.600. The van der Waals surface area contributed by atoms with E-state index in [0.29, 0.717) is 18.0 Å². The van der Waals surface area contributed by atoms with Gasteiger partial charge in [-0.15, -0.1) is 0 Å². The van der Waals surface area contributed by atoms with Gasteiger partial charge < -0.3 is 9.47 Å². The minimum atomic E-state index is -3.42. The molecule has 2 saturated heterocycles. The van der Waals surface area contributed by atoms with Crippen molar-refractivity contribution in [3.63, 3.8) is 0 Å². The molecule has 0 amide bonds. The molecule has 0 spiro atoms. The summed E-state index contributed by atoms with van der Waals surface area (Å²) in [7, 11) is -1.75. The van der Waals surface area contributed by atoms with Gasteiger partial charge in [-0.3, -0.25) is 0 Å². The summed E-state index contributed by atoms with van der Waals surface area (Å²) in [5.74, 6) is 0. The van der Waals surface area contributed by atoms with Crippen LogP contribution in [0.25, 0.3) is 0 Å². The molecule has 0 bridgehead atoms. The van der Waals surface area contributed by atoms with E-state index in [4.69, 9.17) is 9.47 Å². The van der Waals surface area contributed by atoms with E-state index in [-0.39, 0.29) is 18.2 Å². The second-order valence-corrected chi connectivity index (χ2v) is 7.50. The zero-order chi connectivity index (χ0) is 14.9. The van der Waals surface area contributed by atoms with Crippen LogP contribution >= 0.6 is 0 Å². The third kappa shape index (κ3) is 2.85. The number of fused-ring (bicyclic) bond motifs is 1. The zero-order valence-electron chi connectivity index (χ0n) is 12.1. The van der Waals surface area contributed by atoms with Gasteiger partial charge in [0.25, 0.3) is 0 Å². The van der Waals surface area contributed by atoms with E-state index in [1.165, 1.54) is 0 Å². The molecule has 5 nitrogen and oxygen atoms in total. The third-order valence-corrected chi connectivity index (χ3v) is 6.23. The van der Waals surface area contributed by atoms with E-state index >= 15 is 0 Å². The summed E-state index contributed by atoms with van der Waals surface area (Å²) in [4.78, 5) is 0.365. The van der Waals surface area contributed by atoms with Crippen molar-refractivity contribution in [1.29, 1.82) is 0 Å². The monoisotopic (exact) mass is 311 g/mol. The van der Waals surface area contributed by atoms with Crippen molar-refractivity contribution in [3.05, 3.63) is 30.3 Å². The fourth-order valence-corrected chi connectivity index (χ4v) is 5.01. The normalized spacial score (nSPS) is 30.2. The quantitative estimate of drug-likeness (QED) is 0.848. The van der Waals surface area contributed by atoms with Crippen LogP contribution in [-0.2, 0) is 19.5 Å². The predicted octanol–water partition coefficient (Wildman–Crippen LogP) is 1.64. The summed E-state index contributed by atoms with van der Waals surface area (Å²) in [6.45, 7) is 1.11. The lowest BCUT2D eigenvalue weighted by atomic mass is 10.0. The predicted molar refractivity (Wildman–Crippen MR) is 78.5 cm³/mol. The molecule has 0 aliphatic carbocycles. The zero-order valence-corrected chi connectivity index (χ0v) is 13.0. The minimum absolute atomic E-state index is 0.00242. The number of sulfonamides is 1. The maximum Gasteiger partial charge on any atom is 0.243 e.